The normalized spacial score (nSPS) is 25.3. The van der Waals surface area contributed by atoms with E-state index in [9.17, 15) is 13.2 Å². The van der Waals surface area contributed by atoms with E-state index >= 15 is 0 Å². The molecule has 0 unspecified atom stereocenters. The highest BCUT2D eigenvalue weighted by Crippen LogP contribution is 2.29. The molecule has 7 nitrogen and oxygen atoms in total. The summed E-state index contributed by atoms with van der Waals surface area (Å²) < 4.78 is 30.9. The molecule has 3 heterocycles. The van der Waals surface area contributed by atoms with Gasteiger partial charge in [0.2, 0.25) is 5.09 Å². The zero-order valence-electron chi connectivity index (χ0n) is 12.0. The molecule has 3 rings (SSSR count). The molecule has 0 bridgehead atoms. The second kappa shape index (κ2) is 5.11. The van der Waals surface area contributed by atoms with Gasteiger partial charge in [-0.1, -0.05) is 0 Å². The second-order valence-corrected chi connectivity index (χ2v) is 7.45. The van der Waals surface area contributed by atoms with Crippen molar-refractivity contribution in [2.75, 3.05) is 33.2 Å². The largest absolute Gasteiger partial charge is 0.448 e. The van der Waals surface area contributed by atoms with Crippen LogP contribution in [0.1, 0.15) is 16.1 Å². The SMILES string of the molecule is CNS(=O)(=O)c1cc(C(=O)N2C[C@H]3CNC[C@H]3C2)c(C)o1. The van der Waals surface area contributed by atoms with Gasteiger partial charge in [0.05, 0.1) is 5.56 Å². The monoisotopic (exact) mass is 313 g/mol. The lowest BCUT2D eigenvalue weighted by atomic mass is 10.0. The lowest BCUT2D eigenvalue weighted by Crippen LogP contribution is -2.32. The summed E-state index contributed by atoms with van der Waals surface area (Å²) in [5.41, 5.74) is 0.330. The molecular weight excluding hydrogens is 294 g/mol. The molecule has 0 aromatic carbocycles. The molecule has 21 heavy (non-hydrogen) atoms. The summed E-state index contributed by atoms with van der Waals surface area (Å²) in [5.74, 6) is 1.19. The maximum Gasteiger partial charge on any atom is 0.273 e. The van der Waals surface area contributed by atoms with Gasteiger partial charge in [-0.25, -0.2) is 13.1 Å². The lowest BCUT2D eigenvalue weighted by molar-refractivity contribution is 0.0780. The lowest BCUT2D eigenvalue weighted by Gasteiger charge is -2.16. The van der Waals surface area contributed by atoms with Crippen LogP contribution >= 0.6 is 0 Å². The molecule has 2 N–H and O–H groups in total. The van der Waals surface area contributed by atoms with E-state index in [4.69, 9.17) is 4.42 Å². The van der Waals surface area contributed by atoms with Crippen LogP contribution in [0.3, 0.4) is 0 Å². The van der Waals surface area contributed by atoms with E-state index in [0.29, 0.717) is 23.2 Å². The van der Waals surface area contributed by atoms with Crippen LogP contribution in [0.2, 0.25) is 0 Å². The third-order valence-corrected chi connectivity index (χ3v) is 5.60. The highest BCUT2D eigenvalue weighted by atomic mass is 32.2. The molecule has 2 fully saturated rings. The average Bonchev–Trinajstić information content (AvgIpc) is 3.11. The number of carbonyl (C=O) groups excluding carboxylic acids is 1. The fourth-order valence-corrected chi connectivity index (χ4v) is 3.80. The van der Waals surface area contributed by atoms with E-state index in [1.54, 1.807) is 11.8 Å². The van der Waals surface area contributed by atoms with E-state index in [1.165, 1.54) is 13.1 Å². The van der Waals surface area contributed by atoms with E-state index in [-0.39, 0.29) is 11.0 Å². The Hall–Kier alpha value is -1.38. The summed E-state index contributed by atoms with van der Waals surface area (Å²) in [4.78, 5) is 14.4. The highest BCUT2D eigenvalue weighted by molar-refractivity contribution is 7.89. The van der Waals surface area contributed by atoms with Crippen LogP contribution in [-0.4, -0.2) is 52.5 Å². The number of nitrogens with one attached hydrogen (secondary N) is 2. The average molecular weight is 313 g/mol. The summed E-state index contributed by atoms with van der Waals surface area (Å²) >= 11 is 0. The Balaban J connectivity index is 1.83. The van der Waals surface area contributed by atoms with Gasteiger partial charge < -0.3 is 14.6 Å². The first-order valence-electron chi connectivity index (χ1n) is 6.96. The predicted molar refractivity (Wildman–Crippen MR) is 75.4 cm³/mol. The van der Waals surface area contributed by atoms with Gasteiger partial charge in [-0.2, -0.15) is 0 Å². The maximum atomic E-state index is 12.6. The van der Waals surface area contributed by atoms with Crippen LogP contribution in [0.15, 0.2) is 15.6 Å². The van der Waals surface area contributed by atoms with Crippen molar-refractivity contribution >= 4 is 15.9 Å². The number of amides is 1. The van der Waals surface area contributed by atoms with Crippen molar-refractivity contribution in [3.8, 4) is 0 Å². The Kier molecular flexibility index (Phi) is 3.54. The molecule has 8 heteroatoms. The highest BCUT2D eigenvalue weighted by Gasteiger charge is 2.39. The van der Waals surface area contributed by atoms with E-state index in [2.05, 4.69) is 10.0 Å². The first kappa shape index (κ1) is 14.6. The number of rotatable bonds is 3. The number of hydrogen-bond donors (Lipinski definition) is 2. The van der Waals surface area contributed by atoms with Gasteiger partial charge in [-0.3, -0.25) is 4.79 Å². The van der Waals surface area contributed by atoms with Gasteiger partial charge in [-0.15, -0.1) is 0 Å². The number of hydrogen-bond acceptors (Lipinski definition) is 5. The predicted octanol–water partition coefficient (Wildman–Crippen LogP) is -0.212. The van der Waals surface area contributed by atoms with Gasteiger partial charge in [0, 0.05) is 32.2 Å². The maximum absolute atomic E-state index is 12.6. The molecule has 2 aliphatic rings. The minimum Gasteiger partial charge on any atom is -0.448 e. The molecule has 0 aliphatic carbocycles. The molecule has 0 spiro atoms. The van der Waals surface area contributed by atoms with Gasteiger partial charge in [0.15, 0.2) is 0 Å². The summed E-state index contributed by atoms with van der Waals surface area (Å²) in [6.07, 6.45) is 0. The van der Waals surface area contributed by atoms with Crippen LogP contribution in [0, 0.1) is 18.8 Å². The zero-order chi connectivity index (χ0) is 15.2. The van der Waals surface area contributed by atoms with Crippen LogP contribution in [0.25, 0.3) is 0 Å². The first-order chi connectivity index (χ1) is 9.92. The summed E-state index contributed by atoms with van der Waals surface area (Å²) in [6, 6.07) is 1.32. The molecule has 0 saturated carbocycles. The van der Waals surface area contributed by atoms with Crippen molar-refractivity contribution in [1.29, 1.82) is 0 Å². The first-order valence-corrected chi connectivity index (χ1v) is 8.44. The smallest absolute Gasteiger partial charge is 0.273 e. The van der Waals surface area contributed by atoms with Crippen molar-refractivity contribution in [3.05, 3.63) is 17.4 Å². The van der Waals surface area contributed by atoms with Crippen molar-refractivity contribution in [2.24, 2.45) is 11.8 Å². The van der Waals surface area contributed by atoms with Crippen LogP contribution in [0.4, 0.5) is 0 Å². The molecule has 116 valence electrons. The number of likely N-dealkylation sites (tertiary alicyclic amines) is 1. The molecular formula is C13H19N3O4S. The zero-order valence-corrected chi connectivity index (χ0v) is 12.9. The van der Waals surface area contributed by atoms with Gasteiger partial charge >= 0.3 is 0 Å². The van der Waals surface area contributed by atoms with Gasteiger partial charge in [-0.05, 0) is 25.8 Å². The number of nitrogens with zero attached hydrogens (tertiary/aromatic N) is 1. The summed E-state index contributed by atoms with van der Waals surface area (Å²) in [6.45, 7) is 4.93. The quantitative estimate of drug-likeness (QED) is 0.805. The van der Waals surface area contributed by atoms with Gasteiger partial charge in [0.1, 0.15) is 5.76 Å². The number of sulfonamides is 1. The Morgan fingerprint density at radius 2 is 2.00 bits per heavy atom. The number of carbonyl (C=O) groups is 1. The molecule has 2 saturated heterocycles. The molecule has 1 amide bonds. The van der Waals surface area contributed by atoms with Crippen molar-refractivity contribution in [1.82, 2.24) is 14.9 Å². The van der Waals surface area contributed by atoms with E-state index in [0.717, 1.165) is 26.2 Å². The molecule has 2 atom stereocenters. The van der Waals surface area contributed by atoms with Crippen molar-refractivity contribution in [3.63, 3.8) is 0 Å². The molecule has 1 aromatic heterocycles. The number of aryl methyl sites for hydroxylation is 1. The Labute approximate surface area is 123 Å². The second-order valence-electron chi connectivity index (χ2n) is 5.63. The molecule has 2 aliphatic heterocycles. The molecule has 0 radical (unpaired) electrons. The Bertz CT molecular complexity index is 655. The van der Waals surface area contributed by atoms with Crippen LogP contribution in [-0.2, 0) is 10.0 Å². The minimum atomic E-state index is -3.67. The topological polar surface area (TPSA) is 91.7 Å². The fourth-order valence-electron chi connectivity index (χ4n) is 3.09. The van der Waals surface area contributed by atoms with Crippen LogP contribution < -0.4 is 10.0 Å². The molecule has 1 aromatic rings. The Morgan fingerprint density at radius 3 is 2.57 bits per heavy atom. The van der Waals surface area contributed by atoms with Crippen molar-refractivity contribution in [2.45, 2.75) is 12.0 Å². The van der Waals surface area contributed by atoms with Crippen LogP contribution in [0.5, 0.6) is 0 Å². The standard InChI is InChI=1S/C13H19N3O4S/c1-8-11(3-12(20-8)21(18,19)14-2)13(17)16-6-9-4-15-5-10(9)7-16/h3,9-10,14-15H,4-7H2,1-2H3/t9-,10+. The minimum absolute atomic E-state index is 0.150. The number of furan rings is 1. The van der Waals surface area contributed by atoms with E-state index in [1.807, 2.05) is 0 Å². The summed E-state index contributed by atoms with van der Waals surface area (Å²) in [5, 5.41) is 3.11. The third-order valence-electron chi connectivity index (χ3n) is 4.34. The number of fused-ring (bicyclic) bond motifs is 1. The third kappa shape index (κ3) is 2.47. The fraction of sp³-hybridized carbons (Fsp3) is 0.615. The Morgan fingerprint density at radius 1 is 1.38 bits per heavy atom. The summed E-state index contributed by atoms with van der Waals surface area (Å²) in [7, 11) is -2.36. The van der Waals surface area contributed by atoms with Gasteiger partial charge in [0.25, 0.3) is 15.9 Å². The van der Waals surface area contributed by atoms with Crippen molar-refractivity contribution < 1.29 is 17.6 Å². The van der Waals surface area contributed by atoms with E-state index < -0.39 is 10.0 Å².